The van der Waals surface area contributed by atoms with Crippen molar-refractivity contribution in [2.24, 2.45) is 11.7 Å². The van der Waals surface area contributed by atoms with Crippen LogP contribution < -0.4 is 5.73 Å². The van der Waals surface area contributed by atoms with Gasteiger partial charge in [0.1, 0.15) is 10.7 Å². The molecule has 1 saturated heterocycles. The Balaban J connectivity index is 1.70. The van der Waals surface area contributed by atoms with Crippen LogP contribution in [0.3, 0.4) is 0 Å². The average Bonchev–Trinajstić information content (AvgIpc) is 3.42. The fourth-order valence-electron chi connectivity index (χ4n) is 6.18. The summed E-state index contributed by atoms with van der Waals surface area (Å²) < 4.78 is 0. The third-order valence-corrected chi connectivity index (χ3v) is 7.89. The first-order valence-electron chi connectivity index (χ1n) is 10.1. The van der Waals surface area contributed by atoms with E-state index in [0.717, 1.165) is 55.8 Å². The molecule has 0 amide bonds. The summed E-state index contributed by atoms with van der Waals surface area (Å²) in [6, 6.07) is 4.02. The molecule has 0 radical (unpaired) electrons. The Hall–Kier alpha value is -1.43. The number of allylic oxidation sites excluding steroid dienone is 1. The highest BCUT2D eigenvalue weighted by Crippen LogP contribution is 2.61. The number of hydrogen-bond acceptors (Lipinski definition) is 4. The maximum atomic E-state index is 12.1. The van der Waals surface area contributed by atoms with Gasteiger partial charge in [0.25, 0.3) is 0 Å². The number of thiocarbonyl (C=S) groups is 1. The molecular formula is C22H28N2O2S. The van der Waals surface area contributed by atoms with Crippen LogP contribution in [0.2, 0.25) is 0 Å². The van der Waals surface area contributed by atoms with E-state index < -0.39 is 11.0 Å². The fourth-order valence-corrected chi connectivity index (χ4v) is 6.34. The van der Waals surface area contributed by atoms with E-state index in [-0.39, 0.29) is 16.8 Å². The molecular weight excluding hydrogens is 356 g/mol. The van der Waals surface area contributed by atoms with Crippen molar-refractivity contribution in [1.82, 2.24) is 4.90 Å². The van der Waals surface area contributed by atoms with Gasteiger partial charge in [-0.05, 0) is 69.0 Å². The van der Waals surface area contributed by atoms with E-state index in [2.05, 4.69) is 17.5 Å². The molecule has 144 valence electrons. The van der Waals surface area contributed by atoms with Crippen molar-refractivity contribution < 1.29 is 10.2 Å². The molecule has 4 nitrogen and oxygen atoms in total. The first kappa shape index (κ1) is 17.7. The lowest BCUT2D eigenvalue weighted by molar-refractivity contribution is -0.159. The molecule has 3 aliphatic carbocycles. The minimum Gasteiger partial charge on any atom is -0.507 e. The zero-order valence-electron chi connectivity index (χ0n) is 15.7. The van der Waals surface area contributed by atoms with Crippen molar-refractivity contribution >= 4 is 17.2 Å². The Bertz CT molecular complexity index is 849. The Morgan fingerprint density at radius 2 is 2.11 bits per heavy atom. The van der Waals surface area contributed by atoms with Crippen LogP contribution >= 0.6 is 12.2 Å². The number of rotatable bonds is 3. The average molecular weight is 385 g/mol. The van der Waals surface area contributed by atoms with Crippen LogP contribution in [0.25, 0.3) is 0 Å². The number of nitrogens with two attached hydrogens (primary N) is 1. The van der Waals surface area contributed by atoms with Gasteiger partial charge in [0.05, 0.1) is 11.2 Å². The molecule has 5 heteroatoms. The van der Waals surface area contributed by atoms with Crippen LogP contribution in [-0.2, 0) is 11.8 Å². The van der Waals surface area contributed by atoms with Crippen molar-refractivity contribution in [3.05, 3.63) is 41.0 Å². The zero-order valence-corrected chi connectivity index (χ0v) is 16.5. The van der Waals surface area contributed by atoms with Crippen LogP contribution in [0.5, 0.6) is 5.75 Å². The molecule has 1 aliphatic heterocycles. The van der Waals surface area contributed by atoms with Gasteiger partial charge in [-0.25, -0.2) is 0 Å². The van der Waals surface area contributed by atoms with E-state index in [1.54, 1.807) is 0 Å². The molecule has 4 aliphatic rings. The van der Waals surface area contributed by atoms with Gasteiger partial charge in [0, 0.05) is 23.6 Å². The SMILES string of the molecule is C=C1CC[C@@]2(O)[C@H]3Cc4ccc(C(N)=S)c(O)c4C2(CCN3CC2CC2)C1. The van der Waals surface area contributed by atoms with Crippen molar-refractivity contribution in [1.29, 1.82) is 0 Å². The van der Waals surface area contributed by atoms with Gasteiger partial charge in [-0.15, -0.1) is 0 Å². The first-order valence-corrected chi connectivity index (χ1v) is 10.5. The molecule has 1 heterocycles. The predicted molar refractivity (Wildman–Crippen MR) is 110 cm³/mol. The molecule has 3 atom stereocenters. The molecule has 3 fully saturated rings. The number of benzene rings is 1. The molecule has 2 saturated carbocycles. The molecule has 27 heavy (non-hydrogen) atoms. The number of phenols is 1. The lowest BCUT2D eigenvalue weighted by Gasteiger charge is -2.64. The van der Waals surface area contributed by atoms with Crippen molar-refractivity contribution in [2.75, 3.05) is 13.1 Å². The van der Waals surface area contributed by atoms with Gasteiger partial charge in [0.15, 0.2) is 0 Å². The Labute approximate surface area is 166 Å². The smallest absolute Gasteiger partial charge is 0.129 e. The number of likely N-dealkylation sites (tertiary alicyclic amines) is 1. The minimum absolute atomic E-state index is 0.113. The second-order valence-corrected chi connectivity index (χ2v) is 9.64. The minimum atomic E-state index is -0.833. The summed E-state index contributed by atoms with van der Waals surface area (Å²) >= 11 is 5.16. The third-order valence-electron chi connectivity index (χ3n) is 7.67. The number of fused-ring (bicyclic) bond motifs is 1. The van der Waals surface area contributed by atoms with E-state index in [9.17, 15) is 10.2 Å². The summed E-state index contributed by atoms with van der Waals surface area (Å²) in [5, 5.41) is 23.3. The normalized spacial score (nSPS) is 35.4. The van der Waals surface area contributed by atoms with Crippen molar-refractivity contribution in [3.63, 3.8) is 0 Å². The lowest BCUT2D eigenvalue weighted by Crippen LogP contribution is -2.72. The molecule has 2 bridgehead atoms. The molecule has 5 rings (SSSR count). The zero-order chi connectivity index (χ0) is 19.0. The summed E-state index contributed by atoms with van der Waals surface area (Å²) in [5.41, 5.74) is 8.27. The molecule has 0 aromatic heterocycles. The monoisotopic (exact) mass is 384 g/mol. The Morgan fingerprint density at radius 1 is 1.33 bits per heavy atom. The largest absolute Gasteiger partial charge is 0.507 e. The summed E-state index contributed by atoms with van der Waals surface area (Å²) in [7, 11) is 0. The predicted octanol–water partition coefficient (Wildman–Crippen LogP) is 2.78. The van der Waals surface area contributed by atoms with Gasteiger partial charge >= 0.3 is 0 Å². The highest BCUT2D eigenvalue weighted by molar-refractivity contribution is 7.80. The standard InChI is InChI=1S/C22H28N2O2S/c1-13-6-7-22(26)17-10-15-4-5-16(20(23)27)19(25)18(15)21(22,11-13)8-9-24(17)12-14-2-3-14/h4-5,14,17,25-26H,1-3,6-12H2,(H2,23,27)/t17-,21?,22-/m1/s1. The summed E-state index contributed by atoms with van der Waals surface area (Å²) in [5.74, 6) is 0.980. The van der Waals surface area contributed by atoms with E-state index >= 15 is 0 Å². The van der Waals surface area contributed by atoms with Crippen LogP contribution in [0, 0.1) is 5.92 Å². The summed E-state index contributed by atoms with van der Waals surface area (Å²) in [6.45, 7) is 6.32. The second kappa shape index (κ2) is 5.79. The van der Waals surface area contributed by atoms with E-state index in [1.807, 2.05) is 6.07 Å². The van der Waals surface area contributed by atoms with E-state index in [4.69, 9.17) is 18.0 Å². The molecule has 4 N–H and O–H groups in total. The van der Waals surface area contributed by atoms with E-state index in [0.29, 0.717) is 12.0 Å². The molecule has 1 unspecified atom stereocenters. The Morgan fingerprint density at radius 3 is 2.81 bits per heavy atom. The van der Waals surface area contributed by atoms with Crippen LogP contribution in [0.4, 0.5) is 0 Å². The van der Waals surface area contributed by atoms with Crippen LogP contribution in [0.15, 0.2) is 24.3 Å². The first-order chi connectivity index (χ1) is 12.9. The number of nitrogens with zero attached hydrogens (tertiary/aromatic N) is 1. The quantitative estimate of drug-likeness (QED) is 0.552. The Kier molecular flexibility index (Phi) is 3.78. The van der Waals surface area contributed by atoms with Crippen LogP contribution in [0.1, 0.15) is 55.2 Å². The maximum absolute atomic E-state index is 12.1. The fraction of sp³-hybridized carbons (Fsp3) is 0.591. The second-order valence-electron chi connectivity index (χ2n) is 9.20. The number of aromatic hydroxyl groups is 1. The van der Waals surface area contributed by atoms with Crippen molar-refractivity contribution in [2.45, 2.75) is 62.0 Å². The summed E-state index contributed by atoms with van der Waals surface area (Å²) in [4.78, 5) is 2.74. The van der Waals surface area contributed by atoms with Crippen molar-refractivity contribution in [3.8, 4) is 5.75 Å². The third kappa shape index (κ3) is 2.38. The number of aliphatic hydroxyl groups is 1. The van der Waals surface area contributed by atoms with E-state index in [1.165, 1.54) is 18.4 Å². The topological polar surface area (TPSA) is 69.7 Å². The lowest BCUT2D eigenvalue weighted by atomic mass is 9.48. The van der Waals surface area contributed by atoms with Gasteiger partial charge in [-0.1, -0.05) is 30.4 Å². The van der Waals surface area contributed by atoms with Gasteiger partial charge in [-0.3, -0.25) is 4.90 Å². The van der Waals surface area contributed by atoms with Gasteiger partial charge in [0.2, 0.25) is 0 Å². The molecule has 1 aromatic rings. The maximum Gasteiger partial charge on any atom is 0.129 e. The number of piperidine rings is 1. The highest BCUT2D eigenvalue weighted by Gasteiger charge is 2.64. The number of hydrogen-bond donors (Lipinski definition) is 3. The highest BCUT2D eigenvalue weighted by atomic mass is 32.1. The molecule has 0 spiro atoms. The number of phenolic OH excluding ortho intramolecular Hbond substituents is 1. The van der Waals surface area contributed by atoms with Crippen LogP contribution in [-0.4, -0.2) is 44.8 Å². The molecule has 1 aromatic carbocycles. The summed E-state index contributed by atoms with van der Waals surface area (Å²) in [6.07, 6.45) is 6.56. The van der Waals surface area contributed by atoms with Gasteiger partial charge < -0.3 is 15.9 Å². The van der Waals surface area contributed by atoms with Gasteiger partial charge in [-0.2, -0.15) is 0 Å².